The van der Waals surface area contributed by atoms with E-state index in [1.54, 1.807) is 11.3 Å². The van der Waals surface area contributed by atoms with Gasteiger partial charge in [-0.25, -0.2) is 0 Å². The fourth-order valence-electron chi connectivity index (χ4n) is 2.67. The number of nitrogens with zero attached hydrogens (tertiary/aromatic N) is 2. The Morgan fingerprint density at radius 2 is 2.21 bits per heavy atom. The average molecular weight is 346 g/mol. The minimum Gasteiger partial charge on any atom is -0.309 e. The zero-order valence-electron chi connectivity index (χ0n) is 12.0. The fraction of sp³-hybridized carbons (Fsp3) is 0.714. The van der Waals surface area contributed by atoms with Gasteiger partial charge in [-0.05, 0) is 53.9 Å². The third-order valence-electron chi connectivity index (χ3n) is 3.88. The van der Waals surface area contributed by atoms with Crippen molar-refractivity contribution in [1.82, 2.24) is 15.1 Å². The number of thiophene rings is 1. The van der Waals surface area contributed by atoms with Crippen LogP contribution in [-0.4, -0.2) is 56.1 Å². The fourth-order valence-corrected chi connectivity index (χ4v) is 4.25. The standard InChI is InChI=1S/C14H24BrN3S/c1-4-5-16-14(11-9-19-10-12(11)15)13-8-17(2)6-7-18(13)3/h9-10,13-14,16H,4-8H2,1-3H3. The molecule has 2 atom stereocenters. The van der Waals surface area contributed by atoms with Crippen molar-refractivity contribution in [2.75, 3.05) is 40.3 Å². The molecule has 0 radical (unpaired) electrons. The van der Waals surface area contributed by atoms with Crippen molar-refractivity contribution in [1.29, 1.82) is 0 Å². The van der Waals surface area contributed by atoms with Gasteiger partial charge >= 0.3 is 0 Å². The normalized spacial score (nSPS) is 23.7. The molecule has 0 spiro atoms. The van der Waals surface area contributed by atoms with Gasteiger partial charge in [0.2, 0.25) is 0 Å². The minimum absolute atomic E-state index is 0.410. The van der Waals surface area contributed by atoms with Gasteiger partial charge in [0.25, 0.3) is 0 Å². The van der Waals surface area contributed by atoms with Crippen LogP contribution in [0, 0.1) is 0 Å². The number of likely N-dealkylation sites (N-methyl/N-ethyl adjacent to an activating group) is 2. The molecule has 2 unspecified atom stereocenters. The number of rotatable bonds is 5. The summed E-state index contributed by atoms with van der Waals surface area (Å²) in [4.78, 5) is 4.93. The van der Waals surface area contributed by atoms with Gasteiger partial charge in [0.15, 0.2) is 0 Å². The van der Waals surface area contributed by atoms with Crippen LogP contribution in [0.5, 0.6) is 0 Å². The van der Waals surface area contributed by atoms with Crippen LogP contribution < -0.4 is 5.32 Å². The predicted octanol–water partition coefficient (Wildman–Crippen LogP) is 2.80. The Kier molecular flexibility index (Phi) is 5.84. The van der Waals surface area contributed by atoms with Gasteiger partial charge in [-0.2, -0.15) is 11.3 Å². The van der Waals surface area contributed by atoms with E-state index in [9.17, 15) is 0 Å². The Labute approximate surface area is 129 Å². The highest BCUT2D eigenvalue weighted by atomic mass is 79.9. The molecule has 2 rings (SSSR count). The number of piperazine rings is 1. The summed E-state index contributed by atoms with van der Waals surface area (Å²) in [6.07, 6.45) is 1.17. The Hall–Kier alpha value is 0.0600. The second-order valence-corrected chi connectivity index (χ2v) is 7.01. The van der Waals surface area contributed by atoms with E-state index in [0.29, 0.717) is 12.1 Å². The largest absolute Gasteiger partial charge is 0.309 e. The van der Waals surface area contributed by atoms with Crippen LogP contribution in [0.2, 0.25) is 0 Å². The Morgan fingerprint density at radius 3 is 2.84 bits per heavy atom. The lowest BCUT2D eigenvalue weighted by Gasteiger charge is -2.42. The first kappa shape index (κ1) is 15.4. The second-order valence-electron chi connectivity index (χ2n) is 5.42. The Balaban J connectivity index is 2.19. The lowest BCUT2D eigenvalue weighted by molar-refractivity contribution is 0.0875. The zero-order chi connectivity index (χ0) is 13.8. The first-order valence-electron chi connectivity index (χ1n) is 6.97. The summed E-state index contributed by atoms with van der Waals surface area (Å²) in [6, 6.07) is 0.949. The Bertz CT molecular complexity index is 396. The van der Waals surface area contributed by atoms with Crippen molar-refractivity contribution in [3.8, 4) is 0 Å². The maximum atomic E-state index is 3.74. The van der Waals surface area contributed by atoms with Crippen LogP contribution >= 0.6 is 27.3 Å². The van der Waals surface area contributed by atoms with E-state index in [1.807, 2.05) is 0 Å². The number of hydrogen-bond acceptors (Lipinski definition) is 4. The molecule has 1 aromatic heterocycles. The van der Waals surface area contributed by atoms with E-state index < -0.39 is 0 Å². The number of halogens is 1. The Morgan fingerprint density at radius 1 is 1.42 bits per heavy atom. The lowest BCUT2D eigenvalue weighted by atomic mass is 9.98. The summed E-state index contributed by atoms with van der Waals surface area (Å²) in [6.45, 7) is 6.73. The number of nitrogens with one attached hydrogen (secondary N) is 1. The van der Waals surface area contributed by atoms with Crippen LogP contribution in [0.4, 0.5) is 0 Å². The number of hydrogen-bond donors (Lipinski definition) is 1. The monoisotopic (exact) mass is 345 g/mol. The van der Waals surface area contributed by atoms with Crippen molar-refractivity contribution in [3.05, 3.63) is 20.8 Å². The summed E-state index contributed by atoms with van der Waals surface area (Å²) >= 11 is 5.47. The zero-order valence-corrected chi connectivity index (χ0v) is 14.4. The van der Waals surface area contributed by atoms with Crippen molar-refractivity contribution >= 4 is 27.3 Å². The first-order valence-corrected chi connectivity index (χ1v) is 8.70. The summed E-state index contributed by atoms with van der Waals surface area (Å²) in [5.74, 6) is 0. The molecule has 0 saturated carbocycles. The molecule has 0 bridgehead atoms. The smallest absolute Gasteiger partial charge is 0.0510 e. The topological polar surface area (TPSA) is 18.5 Å². The molecular weight excluding hydrogens is 322 g/mol. The quantitative estimate of drug-likeness (QED) is 0.885. The van der Waals surface area contributed by atoms with Gasteiger partial charge in [-0.1, -0.05) is 6.92 Å². The molecule has 1 N–H and O–H groups in total. The average Bonchev–Trinajstić information content (AvgIpc) is 2.80. The maximum Gasteiger partial charge on any atom is 0.0510 e. The van der Waals surface area contributed by atoms with E-state index >= 15 is 0 Å². The van der Waals surface area contributed by atoms with Crippen LogP contribution in [-0.2, 0) is 0 Å². The van der Waals surface area contributed by atoms with E-state index in [2.05, 4.69) is 62.8 Å². The summed E-state index contributed by atoms with van der Waals surface area (Å²) in [5.41, 5.74) is 1.41. The van der Waals surface area contributed by atoms with Gasteiger partial charge in [0.1, 0.15) is 0 Å². The highest BCUT2D eigenvalue weighted by Gasteiger charge is 2.31. The van der Waals surface area contributed by atoms with Crippen LogP contribution in [0.1, 0.15) is 24.9 Å². The van der Waals surface area contributed by atoms with E-state index in [-0.39, 0.29) is 0 Å². The second kappa shape index (κ2) is 7.18. The highest BCUT2D eigenvalue weighted by Crippen LogP contribution is 2.31. The first-order chi connectivity index (χ1) is 9.13. The molecule has 5 heteroatoms. The van der Waals surface area contributed by atoms with Crippen LogP contribution in [0.3, 0.4) is 0 Å². The molecule has 1 fully saturated rings. The third kappa shape index (κ3) is 3.79. The molecular formula is C14H24BrN3S. The molecule has 2 heterocycles. The SMILES string of the molecule is CCCNC(c1cscc1Br)C1CN(C)CCN1C. The summed E-state index contributed by atoms with van der Waals surface area (Å²) in [7, 11) is 4.47. The molecule has 1 aliphatic rings. The molecule has 0 aliphatic carbocycles. The maximum absolute atomic E-state index is 3.74. The molecule has 1 aliphatic heterocycles. The summed E-state index contributed by atoms with van der Waals surface area (Å²) in [5, 5.41) is 8.20. The van der Waals surface area contributed by atoms with Gasteiger partial charge < -0.3 is 10.2 Å². The van der Waals surface area contributed by atoms with E-state index in [4.69, 9.17) is 0 Å². The van der Waals surface area contributed by atoms with Crippen molar-refractivity contribution in [2.24, 2.45) is 0 Å². The van der Waals surface area contributed by atoms with Crippen LogP contribution in [0.15, 0.2) is 15.2 Å². The van der Waals surface area contributed by atoms with Crippen molar-refractivity contribution in [2.45, 2.75) is 25.4 Å². The van der Waals surface area contributed by atoms with Gasteiger partial charge in [-0.15, -0.1) is 0 Å². The van der Waals surface area contributed by atoms with E-state index in [0.717, 1.165) is 26.2 Å². The molecule has 19 heavy (non-hydrogen) atoms. The summed E-state index contributed by atoms with van der Waals surface area (Å²) < 4.78 is 1.24. The van der Waals surface area contributed by atoms with Gasteiger partial charge in [-0.3, -0.25) is 4.90 Å². The molecule has 0 aromatic carbocycles. The molecule has 1 saturated heterocycles. The van der Waals surface area contributed by atoms with Gasteiger partial charge in [0, 0.05) is 35.5 Å². The van der Waals surface area contributed by atoms with Crippen molar-refractivity contribution in [3.63, 3.8) is 0 Å². The van der Waals surface area contributed by atoms with Gasteiger partial charge in [0.05, 0.1) is 6.04 Å². The molecule has 1 aromatic rings. The van der Waals surface area contributed by atoms with E-state index in [1.165, 1.54) is 16.5 Å². The molecule has 0 amide bonds. The predicted molar refractivity (Wildman–Crippen MR) is 87.0 cm³/mol. The molecule has 3 nitrogen and oxygen atoms in total. The minimum atomic E-state index is 0.410. The third-order valence-corrected chi connectivity index (χ3v) is 5.63. The molecule has 108 valence electrons. The van der Waals surface area contributed by atoms with Crippen LogP contribution in [0.25, 0.3) is 0 Å². The lowest BCUT2D eigenvalue weighted by Crippen LogP contribution is -2.55. The van der Waals surface area contributed by atoms with Crippen molar-refractivity contribution < 1.29 is 0 Å². The highest BCUT2D eigenvalue weighted by molar-refractivity contribution is 9.10.